The molecule has 1 aromatic carbocycles. The van der Waals surface area contributed by atoms with Gasteiger partial charge in [0.15, 0.2) is 0 Å². The fourth-order valence-electron chi connectivity index (χ4n) is 3.36. The van der Waals surface area contributed by atoms with Crippen molar-refractivity contribution in [2.75, 3.05) is 13.6 Å². The number of alkyl halides is 3. The number of nitrogens with zero attached hydrogens (tertiary/aromatic N) is 3. The van der Waals surface area contributed by atoms with Gasteiger partial charge in [-0.1, -0.05) is 18.2 Å². The SMILES string of the molecule is CN1CCc2c(sc(N=Cc3ccc(-c4ccccc4C(F)(F)F)o3)c2C#N)C1. The maximum absolute atomic E-state index is 13.2. The summed E-state index contributed by atoms with van der Waals surface area (Å²) in [6.07, 6.45) is -2.22. The van der Waals surface area contributed by atoms with Gasteiger partial charge >= 0.3 is 6.18 Å². The average molecular weight is 415 g/mol. The van der Waals surface area contributed by atoms with Gasteiger partial charge in [-0.2, -0.15) is 18.4 Å². The molecule has 0 radical (unpaired) electrons. The minimum Gasteiger partial charge on any atom is -0.455 e. The molecule has 0 bridgehead atoms. The molecule has 1 aliphatic heterocycles. The smallest absolute Gasteiger partial charge is 0.417 e. The first-order chi connectivity index (χ1) is 13.9. The van der Waals surface area contributed by atoms with Crippen LogP contribution in [0, 0.1) is 11.3 Å². The Bertz CT molecular complexity index is 1120. The number of nitriles is 1. The molecule has 1 aliphatic rings. The summed E-state index contributed by atoms with van der Waals surface area (Å²) in [4.78, 5) is 7.70. The van der Waals surface area contributed by atoms with Crippen LogP contribution in [0.1, 0.15) is 27.3 Å². The number of hydrogen-bond donors (Lipinski definition) is 0. The summed E-state index contributed by atoms with van der Waals surface area (Å²) in [5, 5.41) is 10.1. The highest BCUT2D eigenvalue weighted by atomic mass is 32.1. The third-order valence-corrected chi connectivity index (χ3v) is 5.90. The highest BCUT2D eigenvalue weighted by Crippen LogP contribution is 2.39. The molecule has 0 saturated heterocycles. The number of halogens is 3. The monoisotopic (exact) mass is 415 g/mol. The number of aliphatic imine (C=N–C) groups is 1. The Morgan fingerprint density at radius 2 is 2.03 bits per heavy atom. The molecule has 0 spiro atoms. The number of rotatable bonds is 3. The van der Waals surface area contributed by atoms with Gasteiger partial charge in [-0.15, -0.1) is 11.3 Å². The Morgan fingerprint density at radius 1 is 1.24 bits per heavy atom. The summed E-state index contributed by atoms with van der Waals surface area (Å²) >= 11 is 1.47. The lowest BCUT2D eigenvalue weighted by Gasteiger charge is -2.21. The molecule has 148 valence electrons. The molecule has 8 heteroatoms. The van der Waals surface area contributed by atoms with E-state index in [1.807, 2.05) is 7.05 Å². The summed E-state index contributed by atoms with van der Waals surface area (Å²) < 4.78 is 45.3. The summed E-state index contributed by atoms with van der Waals surface area (Å²) in [5.74, 6) is 0.441. The van der Waals surface area contributed by atoms with E-state index in [0.717, 1.165) is 36.0 Å². The zero-order valence-corrected chi connectivity index (χ0v) is 16.3. The highest BCUT2D eigenvalue weighted by Gasteiger charge is 2.34. The number of likely N-dealkylation sites (N-methyl/N-ethyl adjacent to an activating group) is 1. The van der Waals surface area contributed by atoms with Crippen LogP contribution in [0.3, 0.4) is 0 Å². The Labute approximate surface area is 169 Å². The molecule has 0 unspecified atom stereocenters. The van der Waals surface area contributed by atoms with Gasteiger partial charge in [0.25, 0.3) is 0 Å². The molecule has 3 aromatic rings. The van der Waals surface area contributed by atoms with E-state index in [2.05, 4.69) is 16.0 Å². The largest absolute Gasteiger partial charge is 0.455 e. The third kappa shape index (κ3) is 3.84. The van der Waals surface area contributed by atoms with E-state index in [4.69, 9.17) is 4.42 Å². The maximum atomic E-state index is 13.2. The maximum Gasteiger partial charge on any atom is 0.417 e. The second-order valence-electron chi connectivity index (χ2n) is 6.79. The van der Waals surface area contributed by atoms with Crippen LogP contribution in [-0.2, 0) is 19.1 Å². The zero-order chi connectivity index (χ0) is 20.6. The number of hydrogen-bond acceptors (Lipinski definition) is 5. The lowest BCUT2D eigenvalue weighted by molar-refractivity contribution is -0.137. The molecular formula is C21H16F3N3OS. The van der Waals surface area contributed by atoms with E-state index in [1.54, 1.807) is 6.07 Å². The van der Waals surface area contributed by atoms with Crippen molar-refractivity contribution in [1.82, 2.24) is 4.90 Å². The van der Waals surface area contributed by atoms with Crippen molar-refractivity contribution >= 4 is 22.6 Å². The van der Waals surface area contributed by atoms with Crippen LogP contribution in [0.2, 0.25) is 0 Å². The molecule has 0 amide bonds. The molecule has 4 rings (SSSR count). The summed E-state index contributed by atoms with van der Waals surface area (Å²) in [5.41, 5.74) is 0.845. The number of furan rings is 1. The van der Waals surface area contributed by atoms with Crippen LogP contribution in [0.25, 0.3) is 11.3 Å². The third-order valence-electron chi connectivity index (χ3n) is 4.77. The summed E-state index contributed by atoms with van der Waals surface area (Å²) in [6.45, 7) is 1.67. The van der Waals surface area contributed by atoms with Crippen molar-refractivity contribution in [2.24, 2.45) is 4.99 Å². The van der Waals surface area contributed by atoms with Gasteiger partial charge in [0.2, 0.25) is 0 Å². The lowest BCUT2D eigenvalue weighted by atomic mass is 10.0. The fourth-order valence-corrected chi connectivity index (χ4v) is 4.58. The first kappa shape index (κ1) is 19.4. The topological polar surface area (TPSA) is 52.5 Å². The van der Waals surface area contributed by atoms with Gasteiger partial charge in [0, 0.05) is 23.5 Å². The molecule has 29 heavy (non-hydrogen) atoms. The van der Waals surface area contributed by atoms with E-state index in [9.17, 15) is 18.4 Å². The molecule has 0 aliphatic carbocycles. The Balaban J connectivity index is 1.63. The number of thiophene rings is 1. The van der Waals surface area contributed by atoms with Crippen LogP contribution >= 0.6 is 11.3 Å². The second kappa shape index (κ2) is 7.50. The molecule has 0 N–H and O–H groups in total. The predicted molar refractivity (Wildman–Crippen MR) is 105 cm³/mol. The van der Waals surface area contributed by atoms with Crippen molar-refractivity contribution in [3.63, 3.8) is 0 Å². The van der Waals surface area contributed by atoms with Gasteiger partial charge in [-0.25, -0.2) is 4.99 Å². The van der Waals surface area contributed by atoms with Gasteiger partial charge in [0.05, 0.1) is 17.3 Å². The Morgan fingerprint density at radius 3 is 2.79 bits per heavy atom. The minimum atomic E-state index is -4.47. The van der Waals surface area contributed by atoms with E-state index in [0.29, 0.717) is 16.3 Å². The van der Waals surface area contributed by atoms with Gasteiger partial charge in [-0.05, 0) is 37.2 Å². The predicted octanol–water partition coefficient (Wildman–Crippen LogP) is 5.64. The quantitative estimate of drug-likeness (QED) is 0.521. The van der Waals surface area contributed by atoms with Crippen LogP contribution in [-0.4, -0.2) is 24.7 Å². The molecule has 2 aromatic heterocycles. The first-order valence-corrected chi connectivity index (χ1v) is 9.72. The lowest BCUT2D eigenvalue weighted by Crippen LogP contribution is -2.25. The van der Waals surface area contributed by atoms with Crippen molar-refractivity contribution in [3.05, 3.63) is 63.7 Å². The minimum absolute atomic E-state index is 0.0213. The first-order valence-electron chi connectivity index (χ1n) is 8.90. The van der Waals surface area contributed by atoms with Crippen LogP contribution in [0.4, 0.5) is 18.2 Å². The van der Waals surface area contributed by atoms with Crippen molar-refractivity contribution in [3.8, 4) is 17.4 Å². The standard InChI is InChI=1S/C21H16F3N3OS/c1-27-9-8-14-16(10-25)20(29-19(14)12-27)26-11-13-6-7-18(28-13)15-4-2-3-5-17(15)21(22,23)24/h2-7,11H,8-9,12H2,1H3. The van der Waals surface area contributed by atoms with Gasteiger partial charge in [-0.3, -0.25) is 0 Å². The molecule has 4 nitrogen and oxygen atoms in total. The van der Waals surface area contributed by atoms with Gasteiger partial charge in [0.1, 0.15) is 22.6 Å². The molecule has 3 heterocycles. The normalized spacial score (nSPS) is 14.9. The van der Waals surface area contributed by atoms with Crippen LogP contribution in [0.5, 0.6) is 0 Å². The summed E-state index contributed by atoms with van der Waals surface area (Å²) in [6, 6.07) is 10.6. The van der Waals surface area contributed by atoms with E-state index in [-0.39, 0.29) is 11.3 Å². The molecular weight excluding hydrogens is 399 g/mol. The van der Waals surface area contributed by atoms with E-state index >= 15 is 0 Å². The van der Waals surface area contributed by atoms with Crippen molar-refractivity contribution < 1.29 is 17.6 Å². The van der Waals surface area contributed by atoms with Crippen molar-refractivity contribution in [2.45, 2.75) is 19.1 Å². The van der Waals surface area contributed by atoms with Crippen molar-refractivity contribution in [1.29, 1.82) is 5.26 Å². The summed E-state index contributed by atoms with van der Waals surface area (Å²) in [7, 11) is 2.03. The number of benzene rings is 1. The average Bonchev–Trinajstić information content (AvgIpc) is 3.29. The Hall–Kier alpha value is -2.89. The van der Waals surface area contributed by atoms with E-state index in [1.165, 1.54) is 41.8 Å². The van der Waals surface area contributed by atoms with E-state index < -0.39 is 11.7 Å². The number of fused-ring (bicyclic) bond motifs is 1. The van der Waals surface area contributed by atoms with Crippen LogP contribution < -0.4 is 0 Å². The Kier molecular flexibility index (Phi) is 5.03. The zero-order valence-electron chi connectivity index (χ0n) is 15.5. The molecule has 0 atom stereocenters. The fraction of sp³-hybridized carbons (Fsp3) is 0.238. The second-order valence-corrected chi connectivity index (χ2v) is 7.87. The van der Waals surface area contributed by atoms with Crippen LogP contribution in [0.15, 0.2) is 45.8 Å². The highest BCUT2D eigenvalue weighted by molar-refractivity contribution is 7.16. The van der Waals surface area contributed by atoms with Gasteiger partial charge < -0.3 is 9.32 Å². The molecule has 0 fully saturated rings. The molecule has 0 saturated carbocycles.